The molecule has 0 spiro atoms. The minimum atomic E-state index is 0.480. The minimum absolute atomic E-state index is 0.480. The summed E-state index contributed by atoms with van der Waals surface area (Å²) < 4.78 is 24.6. The van der Waals surface area contributed by atoms with Crippen LogP contribution in [0.4, 0.5) is 0 Å². The Labute approximate surface area is 177 Å². The van der Waals surface area contributed by atoms with Gasteiger partial charge >= 0.3 is 0 Å². The van der Waals surface area contributed by atoms with Gasteiger partial charge in [0.05, 0.1) is 37.6 Å². The number of benzene rings is 1. The summed E-state index contributed by atoms with van der Waals surface area (Å²) in [6.07, 6.45) is 6.99. The maximum absolute atomic E-state index is 6.16. The molecule has 2 heterocycles. The Hall–Kier alpha value is -3.28. The molecule has 0 bridgehead atoms. The highest BCUT2D eigenvalue weighted by Gasteiger charge is 2.30. The standard InChI is InChI=1S/C24H28N2O4/c1-5-27-21-19(17-9-13-25-14-10-17)23(29-7-3)24(30-8-4)20(22(21)28-6-2)18-11-15-26-16-12-18/h9-16H,5-8H2,1-4H3. The first-order valence-electron chi connectivity index (χ1n) is 10.3. The molecule has 0 aliphatic carbocycles. The second-order valence-corrected chi connectivity index (χ2v) is 6.27. The zero-order valence-corrected chi connectivity index (χ0v) is 18.0. The van der Waals surface area contributed by atoms with Gasteiger partial charge in [-0.3, -0.25) is 9.97 Å². The second-order valence-electron chi connectivity index (χ2n) is 6.27. The summed E-state index contributed by atoms with van der Waals surface area (Å²) in [6.45, 7) is 9.73. The molecule has 0 saturated heterocycles. The highest BCUT2D eigenvalue weighted by molar-refractivity contribution is 5.93. The third kappa shape index (κ3) is 4.32. The number of hydrogen-bond donors (Lipinski definition) is 0. The van der Waals surface area contributed by atoms with Crippen molar-refractivity contribution in [3.8, 4) is 45.3 Å². The zero-order valence-electron chi connectivity index (χ0n) is 18.0. The number of hydrogen-bond acceptors (Lipinski definition) is 6. The van der Waals surface area contributed by atoms with Gasteiger partial charge in [-0.05, 0) is 63.1 Å². The van der Waals surface area contributed by atoms with E-state index in [0.717, 1.165) is 22.3 Å². The Morgan fingerprint density at radius 3 is 1.00 bits per heavy atom. The predicted molar refractivity (Wildman–Crippen MR) is 118 cm³/mol. The third-order valence-electron chi connectivity index (χ3n) is 4.41. The average Bonchev–Trinajstić information content (AvgIpc) is 2.78. The predicted octanol–water partition coefficient (Wildman–Crippen LogP) is 5.41. The first-order valence-corrected chi connectivity index (χ1v) is 10.3. The molecule has 30 heavy (non-hydrogen) atoms. The number of aromatic nitrogens is 2. The molecular weight excluding hydrogens is 380 g/mol. The topological polar surface area (TPSA) is 62.7 Å². The van der Waals surface area contributed by atoms with E-state index in [2.05, 4.69) is 9.97 Å². The molecule has 3 rings (SSSR count). The van der Waals surface area contributed by atoms with Crippen molar-refractivity contribution in [1.82, 2.24) is 9.97 Å². The van der Waals surface area contributed by atoms with E-state index in [9.17, 15) is 0 Å². The van der Waals surface area contributed by atoms with Crippen molar-refractivity contribution in [3.63, 3.8) is 0 Å². The van der Waals surface area contributed by atoms with Crippen LogP contribution in [0.25, 0.3) is 22.3 Å². The molecule has 0 saturated carbocycles. The molecule has 6 heteroatoms. The molecule has 0 fully saturated rings. The molecule has 6 nitrogen and oxygen atoms in total. The van der Waals surface area contributed by atoms with Crippen LogP contribution in [0.1, 0.15) is 27.7 Å². The van der Waals surface area contributed by atoms with Crippen molar-refractivity contribution in [2.45, 2.75) is 27.7 Å². The third-order valence-corrected chi connectivity index (χ3v) is 4.41. The minimum Gasteiger partial charge on any atom is -0.489 e. The van der Waals surface area contributed by atoms with Crippen LogP contribution in [0, 0.1) is 0 Å². The Kier molecular flexibility index (Phi) is 7.49. The van der Waals surface area contributed by atoms with Crippen LogP contribution in [-0.2, 0) is 0 Å². The van der Waals surface area contributed by atoms with E-state index in [1.807, 2.05) is 52.0 Å². The summed E-state index contributed by atoms with van der Waals surface area (Å²) in [5.41, 5.74) is 3.43. The van der Waals surface area contributed by atoms with Crippen LogP contribution in [0.2, 0.25) is 0 Å². The van der Waals surface area contributed by atoms with Gasteiger partial charge in [-0.2, -0.15) is 0 Å². The molecule has 0 aliphatic heterocycles. The molecule has 2 aromatic heterocycles. The Morgan fingerprint density at radius 2 is 0.767 bits per heavy atom. The number of rotatable bonds is 10. The highest BCUT2D eigenvalue weighted by atomic mass is 16.5. The molecule has 0 aliphatic rings. The lowest BCUT2D eigenvalue weighted by molar-refractivity contribution is 0.269. The van der Waals surface area contributed by atoms with Gasteiger partial charge in [0.25, 0.3) is 0 Å². The van der Waals surface area contributed by atoms with Gasteiger partial charge in [-0.15, -0.1) is 0 Å². The van der Waals surface area contributed by atoms with Crippen LogP contribution < -0.4 is 18.9 Å². The van der Waals surface area contributed by atoms with E-state index >= 15 is 0 Å². The molecule has 0 unspecified atom stereocenters. The van der Waals surface area contributed by atoms with Crippen LogP contribution in [0.5, 0.6) is 23.0 Å². The van der Waals surface area contributed by atoms with Gasteiger partial charge in [0.2, 0.25) is 0 Å². The molecular formula is C24H28N2O4. The van der Waals surface area contributed by atoms with Gasteiger partial charge in [0.1, 0.15) is 0 Å². The van der Waals surface area contributed by atoms with Crippen molar-refractivity contribution in [3.05, 3.63) is 49.1 Å². The largest absolute Gasteiger partial charge is 0.489 e. The molecule has 0 amide bonds. The summed E-state index contributed by atoms with van der Waals surface area (Å²) >= 11 is 0. The van der Waals surface area contributed by atoms with E-state index in [4.69, 9.17) is 18.9 Å². The van der Waals surface area contributed by atoms with E-state index in [0.29, 0.717) is 49.4 Å². The summed E-state index contributed by atoms with van der Waals surface area (Å²) in [5.74, 6) is 2.52. The second kappa shape index (κ2) is 10.5. The lowest BCUT2D eigenvalue weighted by Gasteiger charge is -2.25. The van der Waals surface area contributed by atoms with E-state index in [1.165, 1.54) is 0 Å². The van der Waals surface area contributed by atoms with Gasteiger partial charge in [-0.1, -0.05) is 0 Å². The van der Waals surface area contributed by atoms with Crippen LogP contribution in [0.15, 0.2) is 49.1 Å². The van der Waals surface area contributed by atoms with E-state index in [-0.39, 0.29) is 0 Å². The SMILES string of the molecule is CCOc1c(OCC)c(-c2ccncc2)c(OCC)c(OCC)c1-c1ccncc1. The molecule has 0 radical (unpaired) electrons. The van der Waals surface area contributed by atoms with Gasteiger partial charge in [0, 0.05) is 24.8 Å². The van der Waals surface area contributed by atoms with Crippen molar-refractivity contribution < 1.29 is 18.9 Å². The summed E-state index contributed by atoms with van der Waals surface area (Å²) in [4.78, 5) is 8.31. The normalized spacial score (nSPS) is 10.5. The first kappa shape index (κ1) is 21.4. The first-order chi connectivity index (χ1) is 14.8. The van der Waals surface area contributed by atoms with Crippen LogP contribution in [-0.4, -0.2) is 36.4 Å². The van der Waals surface area contributed by atoms with Crippen molar-refractivity contribution in [1.29, 1.82) is 0 Å². The van der Waals surface area contributed by atoms with Crippen molar-refractivity contribution in [2.24, 2.45) is 0 Å². The molecule has 0 N–H and O–H groups in total. The van der Waals surface area contributed by atoms with Gasteiger partial charge < -0.3 is 18.9 Å². The lowest BCUT2D eigenvalue weighted by Crippen LogP contribution is -2.08. The molecule has 0 atom stereocenters. The molecule has 3 aromatic rings. The lowest BCUT2D eigenvalue weighted by atomic mass is 9.96. The summed E-state index contributed by atoms with van der Waals surface area (Å²) in [5, 5.41) is 0. The maximum Gasteiger partial charge on any atom is 0.173 e. The van der Waals surface area contributed by atoms with Crippen LogP contribution >= 0.6 is 0 Å². The fourth-order valence-electron chi connectivity index (χ4n) is 3.35. The summed E-state index contributed by atoms with van der Waals surface area (Å²) in [6, 6.07) is 7.71. The molecule has 1 aromatic carbocycles. The fraction of sp³-hybridized carbons (Fsp3) is 0.333. The van der Waals surface area contributed by atoms with Gasteiger partial charge in [-0.25, -0.2) is 0 Å². The highest BCUT2D eigenvalue weighted by Crippen LogP contribution is 2.57. The van der Waals surface area contributed by atoms with Crippen LogP contribution in [0.3, 0.4) is 0 Å². The molecule has 158 valence electrons. The Balaban J connectivity index is 2.48. The Bertz CT molecular complexity index is 831. The quantitative estimate of drug-likeness (QED) is 0.447. The summed E-state index contributed by atoms with van der Waals surface area (Å²) in [7, 11) is 0. The number of ether oxygens (including phenoxy) is 4. The zero-order chi connectivity index (χ0) is 21.3. The van der Waals surface area contributed by atoms with E-state index in [1.54, 1.807) is 24.8 Å². The van der Waals surface area contributed by atoms with Crippen molar-refractivity contribution in [2.75, 3.05) is 26.4 Å². The maximum atomic E-state index is 6.16. The number of pyridine rings is 2. The smallest absolute Gasteiger partial charge is 0.173 e. The fourth-order valence-corrected chi connectivity index (χ4v) is 3.35. The van der Waals surface area contributed by atoms with Gasteiger partial charge in [0.15, 0.2) is 23.0 Å². The number of nitrogens with zero attached hydrogens (tertiary/aromatic N) is 2. The average molecular weight is 408 g/mol. The van der Waals surface area contributed by atoms with E-state index < -0.39 is 0 Å². The van der Waals surface area contributed by atoms with Crippen molar-refractivity contribution >= 4 is 0 Å². The monoisotopic (exact) mass is 408 g/mol. The Morgan fingerprint density at radius 1 is 0.500 bits per heavy atom.